The smallest absolute Gasteiger partial charge is 0.412 e. The minimum absolute atomic E-state index is 0. The Morgan fingerprint density at radius 2 is 0.848 bits per heavy atom. The van der Waals surface area contributed by atoms with Gasteiger partial charge in [-0.25, -0.2) is 0 Å². The van der Waals surface area contributed by atoms with E-state index in [4.69, 9.17) is 49.7 Å². The van der Waals surface area contributed by atoms with E-state index in [0.29, 0.717) is 20.7 Å². The van der Waals surface area contributed by atoms with Crippen molar-refractivity contribution in [2.24, 2.45) is 11.8 Å². The molecule has 7 heteroatoms. The van der Waals surface area contributed by atoms with Gasteiger partial charge in [0.1, 0.15) is 0 Å². The molecule has 33 heavy (non-hydrogen) atoms. The van der Waals surface area contributed by atoms with Crippen molar-refractivity contribution in [3.8, 4) is 0 Å². The molecule has 0 fully saturated rings. The average Bonchev–Trinajstić information content (AvgIpc) is 2.69. The number of hydrogen-bond donors (Lipinski definition) is 2. The molecule has 0 saturated heterocycles. The van der Waals surface area contributed by atoms with Gasteiger partial charge in [0.2, 0.25) is 0 Å². The first kappa shape index (κ1) is 38.4. The minimum atomic E-state index is 0. The molecule has 2 unspecified atom stereocenters. The molecule has 0 radical (unpaired) electrons. The fourth-order valence-corrected chi connectivity index (χ4v) is 4.37. The van der Waals surface area contributed by atoms with Crippen molar-refractivity contribution in [3.63, 3.8) is 0 Å². The molecule has 0 aliphatic heterocycles. The molecule has 0 spiro atoms. The number of nitrogens with one attached hydrogen (secondary N) is 2. The van der Waals surface area contributed by atoms with E-state index < -0.39 is 0 Å². The molecule has 0 aliphatic rings. The van der Waals surface area contributed by atoms with Crippen LogP contribution in [0.1, 0.15) is 131 Å². The van der Waals surface area contributed by atoms with Crippen molar-refractivity contribution in [1.82, 2.24) is 10.6 Å². The molecule has 0 aromatic rings. The monoisotopic (exact) mass is 584 g/mol. The largest absolute Gasteiger partial charge is 2.00 e. The summed E-state index contributed by atoms with van der Waals surface area (Å²) in [4.78, 5) is 0. The molecule has 2 nitrogen and oxygen atoms in total. The van der Waals surface area contributed by atoms with Crippen LogP contribution in [0.25, 0.3) is 0 Å². The summed E-state index contributed by atoms with van der Waals surface area (Å²) < 4.78 is 1.06. The van der Waals surface area contributed by atoms with E-state index in [-0.39, 0.29) is 19.5 Å². The maximum atomic E-state index is 4.95. The van der Waals surface area contributed by atoms with Crippen molar-refractivity contribution in [1.29, 1.82) is 0 Å². The third-order valence-electron chi connectivity index (χ3n) is 5.62. The van der Waals surface area contributed by atoms with Gasteiger partial charge in [0.15, 0.2) is 0 Å². The van der Waals surface area contributed by atoms with Crippen LogP contribution in [-0.4, -0.2) is 20.7 Å². The first-order valence-corrected chi connectivity index (χ1v) is 14.7. The van der Waals surface area contributed by atoms with Crippen molar-refractivity contribution < 1.29 is 19.5 Å². The van der Waals surface area contributed by atoms with Crippen LogP contribution in [0.2, 0.25) is 0 Å². The average molecular weight is 586 g/mol. The summed E-state index contributed by atoms with van der Waals surface area (Å²) in [6.07, 6.45) is 17.7. The zero-order valence-electron chi connectivity index (χ0n) is 22.5. The molecule has 192 valence electrons. The quantitative estimate of drug-likeness (QED) is 0.0725. The summed E-state index contributed by atoms with van der Waals surface area (Å²) in [5.74, 6) is 1.64. The van der Waals surface area contributed by atoms with E-state index in [1.165, 1.54) is 89.9 Å². The molecular weight excluding hydrogens is 534 g/mol. The third-order valence-corrected chi connectivity index (χ3v) is 6.10. The predicted molar refractivity (Wildman–Crippen MR) is 159 cm³/mol. The van der Waals surface area contributed by atoms with Gasteiger partial charge >= 0.3 is 19.5 Å². The Morgan fingerprint density at radius 1 is 0.576 bits per heavy atom. The first-order valence-electron chi connectivity index (χ1n) is 13.1. The molecule has 0 saturated carbocycles. The predicted octanol–water partition coefficient (Wildman–Crippen LogP) is 8.36. The number of rotatable bonds is 18. The molecule has 0 heterocycles. The fraction of sp³-hybridized carbons (Fsp3) is 0.923. The van der Waals surface area contributed by atoms with Crippen LogP contribution < -0.4 is 10.6 Å². The zero-order valence-corrected chi connectivity index (χ0v) is 28.8. The molecule has 2 atom stereocenters. The second-order valence-corrected chi connectivity index (χ2v) is 12.0. The van der Waals surface area contributed by atoms with Gasteiger partial charge in [-0.1, -0.05) is 114 Å². The molecule has 0 amide bonds. The van der Waals surface area contributed by atoms with Gasteiger partial charge in [0.05, 0.1) is 0 Å². The second-order valence-electron chi connectivity index (χ2n) is 9.90. The standard InChI is InChI=1S/2C13H27NS2.Zn/c2*1-4-5-9-12(14-13(15)16)10-7-6-8-11(2)3;/h2*11-12H,4-10H2,1-3H3,(H2,14,15,16);/q;;+2/p-2. The second kappa shape index (κ2) is 27.4. The van der Waals surface area contributed by atoms with Crippen molar-refractivity contribution >= 4 is 58.3 Å². The maximum Gasteiger partial charge on any atom is 2.00 e. The number of thiocarbonyl (C=S) groups is 2. The van der Waals surface area contributed by atoms with E-state index >= 15 is 0 Å². The summed E-state index contributed by atoms with van der Waals surface area (Å²) in [6.45, 7) is 13.6. The van der Waals surface area contributed by atoms with Crippen molar-refractivity contribution in [2.45, 2.75) is 144 Å². The Balaban J connectivity index is -0.000000529. The Kier molecular flexibility index (Phi) is 31.9. The number of unbranched alkanes of at least 4 members (excludes halogenated alkanes) is 4. The molecule has 0 bridgehead atoms. The van der Waals surface area contributed by atoms with E-state index in [1.807, 2.05) is 0 Å². The van der Waals surface area contributed by atoms with Gasteiger partial charge in [0.25, 0.3) is 0 Å². The molecule has 0 aromatic carbocycles. The van der Waals surface area contributed by atoms with Gasteiger partial charge in [-0.15, -0.1) is 0 Å². The van der Waals surface area contributed by atoms with E-state index in [9.17, 15) is 0 Å². The van der Waals surface area contributed by atoms with Crippen LogP contribution in [-0.2, 0) is 44.7 Å². The Labute approximate surface area is 242 Å². The van der Waals surface area contributed by atoms with Crippen molar-refractivity contribution in [3.05, 3.63) is 0 Å². The molecule has 0 rings (SSSR count). The topological polar surface area (TPSA) is 24.1 Å². The molecule has 2 N–H and O–H groups in total. The van der Waals surface area contributed by atoms with Crippen LogP contribution in [0, 0.1) is 11.8 Å². The summed E-state index contributed by atoms with van der Waals surface area (Å²) in [5, 5.41) is 6.50. The molecular formula is C26H52N2S4Zn. The fourth-order valence-electron chi connectivity index (χ4n) is 3.70. The zero-order chi connectivity index (χ0) is 24.8. The van der Waals surface area contributed by atoms with Crippen LogP contribution in [0.3, 0.4) is 0 Å². The summed E-state index contributed by atoms with van der Waals surface area (Å²) in [7, 11) is 0. The van der Waals surface area contributed by atoms with Gasteiger partial charge in [-0.2, -0.15) is 0 Å². The Bertz CT molecular complexity index is 408. The van der Waals surface area contributed by atoms with Gasteiger partial charge in [-0.3, -0.25) is 0 Å². The maximum absolute atomic E-state index is 4.95. The Morgan fingerprint density at radius 3 is 1.09 bits per heavy atom. The summed E-state index contributed by atoms with van der Waals surface area (Å²) in [5.41, 5.74) is 0. The molecule has 0 aromatic heterocycles. The third kappa shape index (κ3) is 32.8. The minimum Gasteiger partial charge on any atom is -0.412 e. The van der Waals surface area contributed by atoms with Gasteiger partial charge < -0.3 is 60.3 Å². The first-order chi connectivity index (χ1) is 15.1. The van der Waals surface area contributed by atoms with E-state index in [1.54, 1.807) is 0 Å². The van der Waals surface area contributed by atoms with Gasteiger partial charge in [-0.05, 0) is 37.5 Å². The summed E-state index contributed by atoms with van der Waals surface area (Å²) in [6, 6.07) is 1.02. The Hall–Kier alpha value is 0.843. The molecule has 0 aliphatic carbocycles. The van der Waals surface area contributed by atoms with Crippen LogP contribution in [0.4, 0.5) is 0 Å². The normalized spacial score (nSPS) is 12.4. The van der Waals surface area contributed by atoms with E-state index in [2.05, 4.69) is 52.2 Å². The van der Waals surface area contributed by atoms with E-state index in [0.717, 1.165) is 11.8 Å². The number of hydrogen-bond acceptors (Lipinski definition) is 4. The SMILES string of the molecule is CCCCC(CCCCC(C)C)NC(=S)[S-].CCCCC(CCCCC(C)C)NC(=S)[S-].[Zn+2]. The summed E-state index contributed by atoms with van der Waals surface area (Å²) >= 11 is 19.8. The van der Waals surface area contributed by atoms with Crippen LogP contribution >= 0.6 is 24.4 Å². The van der Waals surface area contributed by atoms with Crippen LogP contribution in [0.15, 0.2) is 0 Å². The van der Waals surface area contributed by atoms with Crippen molar-refractivity contribution in [2.75, 3.05) is 0 Å². The van der Waals surface area contributed by atoms with Gasteiger partial charge in [0, 0.05) is 12.1 Å². The van der Waals surface area contributed by atoms with Crippen LogP contribution in [0.5, 0.6) is 0 Å².